The monoisotopic (exact) mass is 446 g/mol. The van der Waals surface area contributed by atoms with Crippen molar-refractivity contribution < 1.29 is 17.9 Å². The predicted molar refractivity (Wildman–Crippen MR) is 126 cm³/mol. The Morgan fingerprint density at radius 2 is 1.48 bits per heavy atom. The molecule has 0 spiro atoms. The number of carbonyl (C=O) groups is 1. The average molecular weight is 447 g/mol. The van der Waals surface area contributed by atoms with Crippen LogP contribution in [0, 0.1) is 5.41 Å². The van der Waals surface area contributed by atoms with Gasteiger partial charge in [0, 0.05) is 5.54 Å². The van der Waals surface area contributed by atoms with Crippen LogP contribution in [0.2, 0.25) is 0 Å². The first kappa shape index (κ1) is 24.7. The standard InChI is InChI=1S/C24H34N2O4S/c1-18(22(27)25-24(5,6)17-23(2,3)4)26(31(7,28)29)19-13-15-21(16-14-19)30-20-11-9-8-10-12-20/h8-16,18H,17H2,1-7H3,(H,25,27)/t18-/m1/s1. The summed E-state index contributed by atoms with van der Waals surface area (Å²) in [5.41, 5.74) is -0.0511. The van der Waals surface area contributed by atoms with Crippen LogP contribution in [-0.4, -0.2) is 32.2 Å². The Bertz CT molecular complexity index is 978. The molecule has 1 N–H and O–H groups in total. The third kappa shape index (κ3) is 7.58. The molecule has 2 aromatic carbocycles. The van der Waals surface area contributed by atoms with Gasteiger partial charge < -0.3 is 10.1 Å². The van der Waals surface area contributed by atoms with Crippen LogP contribution < -0.4 is 14.4 Å². The topological polar surface area (TPSA) is 75.7 Å². The predicted octanol–water partition coefficient (Wildman–Crippen LogP) is 4.96. The van der Waals surface area contributed by atoms with Crippen molar-refractivity contribution in [3.8, 4) is 11.5 Å². The Labute approximate surface area is 186 Å². The van der Waals surface area contributed by atoms with Gasteiger partial charge in [-0.15, -0.1) is 0 Å². The van der Waals surface area contributed by atoms with Gasteiger partial charge in [-0.05, 0) is 69.0 Å². The first-order valence-electron chi connectivity index (χ1n) is 10.3. The molecule has 0 aliphatic carbocycles. The van der Waals surface area contributed by atoms with E-state index in [2.05, 4.69) is 26.1 Å². The van der Waals surface area contributed by atoms with Crippen molar-refractivity contribution in [1.82, 2.24) is 5.32 Å². The molecule has 0 aliphatic heterocycles. The summed E-state index contributed by atoms with van der Waals surface area (Å²) in [6.45, 7) is 11.8. The van der Waals surface area contributed by atoms with Crippen molar-refractivity contribution in [2.75, 3.05) is 10.6 Å². The SMILES string of the molecule is C[C@H](C(=O)NC(C)(C)CC(C)(C)C)N(c1ccc(Oc2ccccc2)cc1)S(C)(=O)=O. The molecule has 31 heavy (non-hydrogen) atoms. The van der Waals surface area contributed by atoms with Gasteiger partial charge in [0.05, 0.1) is 11.9 Å². The molecule has 2 aromatic rings. The fourth-order valence-corrected chi connectivity index (χ4v) is 5.08. The largest absolute Gasteiger partial charge is 0.457 e. The quantitative estimate of drug-likeness (QED) is 0.621. The van der Waals surface area contributed by atoms with Crippen molar-refractivity contribution in [1.29, 1.82) is 0 Å². The first-order chi connectivity index (χ1) is 14.2. The van der Waals surface area contributed by atoms with Gasteiger partial charge in [0.1, 0.15) is 17.5 Å². The highest BCUT2D eigenvalue weighted by atomic mass is 32.2. The van der Waals surface area contributed by atoms with Crippen LogP contribution in [0.15, 0.2) is 54.6 Å². The fourth-order valence-electron chi connectivity index (χ4n) is 3.90. The summed E-state index contributed by atoms with van der Waals surface area (Å²) in [5.74, 6) is 0.917. The summed E-state index contributed by atoms with van der Waals surface area (Å²) in [6, 6.07) is 15.1. The number of benzene rings is 2. The number of anilines is 1. The van der Waals surface area contributed by atoms with Crippen LogP contribution in [0.25, 0.3) is 0 Å². The molecule has 170 valence electrons. The number of nitrogens with zero attached hydrogens (tertiary/aromatic N) is 1. The van der Waals surface area contributed by atoms with Crippen LogP contribution in [0.5, 0.6) is 11.5 Å². The highest BCUT2D eigenvalue weighted by molar-refractivity contribution is 7.92. The second-order valence-corrected chi connectivity index (χ2v) is 11.6. The van der Waals surface area contributed by atoms with E-state index in [1.54, 1.807) is 31.2 Å². The normalized spacial score (nSPS) is 13.4. The lowest BCUT2D eigenvalue weighted by Crippen LogP contribution is -2.54. The zero-order valence-corrected chi connectivity index (χ0v) is 20.3. The second kappa shape index (κ2) is 9.30. The van der Waals surface area contributed by atoms with E-state index in [4.69, 9.17) is 4.74 Å². The fraction of sp³-hybridized carbons (Fsp3) is 0.458. The van der Waals surface area contributed by atoms with Crippen LogP contribution in [0.1, 0.15) is 48.0 Å². The highest BCUT2D eigenvalue weighted by Gasteiger charge is 2.33. The van der Waals surface area contributed by atoms with Crippen LogP contribution in [0.4, 0.5) is 5.69 Å². The minimum atomic E-state index is -3.69. The minimum absolute atomic E-state index is 0.0190. The van der Waals surface area contributed by atoms with E-state index in [9.17, 15) is 13.2 Å². The number of sulfonamides is 1. The maximum atomic E-state index is 13.0. The molecule has 0 heterocycles. The average Bonchev–Trinajstić information content (AvgIpc) is 2.60. The molecular weight excluding hydrogens is 412 g/mol. The van der Waals surface area contributed by atoms with E-state index in [0.717, 1.165) is 17.0 Å². The molecule has 0 radical (unpaired) electrons. The summed E-state index contributed by atoms with van der Waals surface area (Å²) in [4.78, 5) is 13.0. The Morgan fingerprint density at radius 1 is 0.968 bits per heavy atom. The number of carbonyl (C=O) groups excluding carboxylic acids is 1. The number of ether oxygens (including phenoxy) is 1. The summed E-state index contributed by atoms with van der Waals surface area (Å²) in [7, 11) is -3.69. The number of amides is 1. The molecule has 0 aliphatic rings. The number of rotatable bonds is 8. The van der Waals surface area contributed by atoms with Gasteiger partial charge in [-0.1, -0.05) is 39.0 Å². The number of hydrogen-bond acceptors (Lipinski definition) is 4. The first-order valence-corrected chi connectivity index (χ1v) is 12.2. The summed E-state index contributed by atoms with van der Waals surface area (Å²) in [5, 5.41) is 3.01. The summed E-state index contributed by atoms with van der Waals surface area (Å²) in [6.07, 6.45) is 1.86. The van der Waals surface area contributed by atoms with Crippen molar-refractivity contribution in [3.05, 3.63) is 54.6 Å². The molecule has 0 fully saturated rings. The number of hydrogen-bond donors (Lipinski definition) is 1. The van der Waals surface area contributed by atoms with Crippen LogP contribution in [0.3, 0.4) is 0 Å². The van der Waals surface area contributed by atoms with Gasteiger partial charge in [-0.3, -0.25) is 9.10 Å². The Kier molecular flexibility index (Phi) is 7.42. The van der Waals surface area contributed by atoms with Gasteiger partial charge in [-0.2, -0.15) is 0 Å². The van der Waals surface area contributed by atoms with Crippen LogP contribution in [-0.2, 0) is 14.8 Å². The second-order valence-electron chi connectivity index (χ2n) is 9.75. The molecule has 1 amide bonds. The van der Waals surface area contributed by atoms with E-state index in [1.165, 1.54) is 0 Å². The van der Waals surface area contributed by atoms with Gasteiger partial charge in [0.2, 0.25) is 15.9 Å². The van der Waals surface area contributed by atoms with E-state index < -0.39 is 21.6 Å². The lowest BCUT2D eigenvalue weighted by atomic mass is 9.81. The van der Waals surface area contributed by atoms with E-state index in [1.807, 2.05) is 44.2 Å². The summed E-state index contributed by atoms with van der Waals surface area (Å²) >= 11 is 0. The zero-order chi connectivity index (χ0) is 23.4. The van der Waals surface area contributed by atoms with E-state index >= 15 is 0 Å². The maximum absolute atomic E-state index is 13.0. The van der Waals surface area contributed by atoms with Crippen molar-refractivity contribution in [2.24, 2.45) is 5.41 Å². The molecule has 0 bridgehead atoms. The molecule has 0 saturated heterocycles. The number of nitrogens with one attached hydrogen (secondary N) is 1. The molecule has 1 atom stereocenters. The third-order valence-corrected chi connectivity index (χ3v) is 5.83. The minimum Gasteiger partial charge on any atom is -0.457 e. The molecular formula is C24H34N2O4S. The molecule has 0 saturated carbocycles. The molecule has 0 unspecified atom stereocenters. The molecule has 0 aromatic heterocycles. The molecule has 2 rings (SSSR count). The highest BCUT2D eigenvalue weighted by Crippen LogP contribution is 2.29. The van der Waals surface area contributed by atoms with Gasteiger partial charge in [0.15, 0.2) is 0 Å². The lowest BCUT2D eigenvalue weighted by molar-refractivity contribution is -0.123. The smallest absolute Gasteiger partial charge is 0.244 e. The van der Waals surface area contributed by atoms with Gasteiger partial charge >= 0.3 is 0 Å². The molecule has 7 heteroatoms. The Balaban J connectivity index is 2.22. The Morgan fingerprint density at radius 3 is 1.97 bits per heavy atom. The maximum Gasteiger partial charge on any atom is 0.244 e. The summed E-state index contributed by atoms with van der Waals surface area (Å²) < 4.78 is 32.0. The van der Waals surface area contributed by atoms with E-state index in [0.29, 0.717) is 17.2 Å². The Hall–Kier alpha value is -2.54. The number of para-hydroxylation sites is 1. The van der Waals surface area contributed by atoms with Crippen LogP contribution >= 0.6 is 0 Å². The van der Waals surface area contributed by atoms with Crippen molar-refractivity contribution in [2.45, 2.75) is 59.5 Å². The van der Waals surface area contributed by atoms with Crippen molar-refractivity contribution >= 4 is 21.6 Å². The zero-order valence-electron chi connectivity index (χ0n) is 19.5. The molecule has 6 nitrogen and oxygen atoms in total. The van der Waals surface area contributed by atoms with Gasteiger partial charge in [-0.25, -0.2) is 8.42 Å². The van der Waals surface area contributed by atoms with Gasteiger partial charge in [0.25, 0.3) is 0 Å². The third-order valence-electron chi connectivity index (χ3n) is 4.59. The lowest BCUT2D eigenvalue weighted by Gasteiger charge is -2.36. The van der Waals surface area contributed by atoms with E-state index in [-0.39, 0.29) is 11.3 Å². The van der Waals surface area contributed by atoms with Crippen molar-refractivity contribution in [3.63, 3.8) is 0 Å².